The van der Waals surface area contributed by atoms with Gasteiger partial charge in [-0.3, -0.25) is 4.79 Å². The average Bonchev–Trinajstić information content (AvgIpc) is 2.64. The predicted octanol–water partition coefficient (Wildman–Crippen LogP) is 3.47. The highest BCUT2D eigenvalue weighted by molar-refractivity contribution is 9.10. The molecule has 1 aromatic carbocycles. The molecule has 82 valence electrons. The van der Waals surface area contributed by atoms with Crippen molar-refractivity contribution in [2.75, 3.05) is 5.32 Å². The summed E-state index contributed by atoms with van der Waals surface area (Å²) in [6.45, 7) is 0. The van der Waals surface area contributed by atoms with E-state index in [1.54, 1.807) is 18.2 Å². The topological polar surface area (TPSA) is 49.3 Å². The van der Waals surface area contributed by atoms with Gasteiger partial charge in [-0.15, -0.1) is 11.3 Å². The van der Waals surface area contributed by atoms with Crippen molar-refractivity contribution in [3.8, 4) is 5.75 Å². The fraction of sp³-hybridized carbons (Fsp3) is 0. The van der Waals surface area contributed by atoms with Crippen molar-refractivity contribution in [1.82, 2.24) is 0 Å². The van der Waals surface area contributed by atoms with Crippen LogP contribution in [0.4, 0.5) is 5.69 Å². The SMILES string of the molecule is O=C(Nc1cccc(O)c1)c1sccc1Br. The molecule has 0 aliphatic heterocycles. The molecule has 0 spiro atoms. The van der Waals surface area contributed by atoms with Gasteiger partial charge in [-0.2, -0.15) is 0 Å². The van der Waals surface area contributed by atoms with Crippen molar-refractivity contribution in [1.29, 1.82) is 0 Å². The summed E-state index contributed by atoms with van der Waals surface area (Å²) < 4.78 is 0.773. The summed E-state index contributed by atoms with van der Waals surface area (Å²) in [6.07, 6.45) is 0. The van der Waals surface area contributed by atoms with E-state index in [0.29, 0.717) is 10.6 Å². The third kappa shape index (κ3) is 2.43. The van der Waals surface area contributed by atoms with Gasteiger partial charge >= 0.3 is 0 Å². The van der Waals surface area contributed by atoms with E-state index < -0.39 is 0 Å². The summed E-state index contributed by atoms with van der Waals surface area (Å²) in [5.74, 6) is -0.0597. The van der Waals surface area contributed by atoms with Crippen molar-refractivity contribution < 1.29 is 9.90 Å². The normalized spacial score (nSPS) is 10.1. The zero-order valence-electron chi connectivity index (χ0n) is 8.11. The average molecular weight is 298 g/mol. The van der Waals surface area contributed by atoms with E-state index in [0.717, 1.165) is 4.47 Å². The maximum atomic E-state index is 11.8. The van der Waals surface area contributed by atoms with E-state index in [9.17, 15) is 9.90 Å². The molecule has 2 rings (SSSR count). The van der Waals surface area contributed by atoms with Gasteiger partial charge in [0.05, 0.1) is 0 Å². The summed E-state index contributed by atoms with van der Waals surface area (Å²) in [4.78, 5) is 12.4. The van der Waals surface area contributed by atoms with Crippen molar-refractivity contribution >= 4 is 38.9 Å². The number of carbonyl (C=O) groups is 1. The minimum Gasteiger partial charge on any atom is -0.508 e. The number of halogens is 1. The van der Waals surface area contributed by atoms with Gasteiger partial charge in [0.1, 0.15) is 10.6 Å². The van der Waals surface area contributed by atoms with E-state index in [2.05, 4.69) is 21.2 Å². The molecular formula is C11H8BrNO2S. The number of rotatable bonds is 2. The van der Waals surface area contributed by atoms with Crippen LogP contribution in [0.5, 0.6) is 5.75 Å². The van der Waals surface area contributed by atoms with Crippen LogP contribution >= 0.6 is 27.3 Å². The van der Waals surface area contributed by atoms with Crippen molar-refractivity contribution in [2.45, 2.75) is 0 Å². The fourth-order valence-corrected chi connectivity index (χ4v) is 2.67. The number of phenols is 1. The van der Waals surface area contributed by atoms with Crippen LogP contribution in [0.2, 0.25) is 0 Å². The quantitative estimate of drug-likeness (QED) is 0.892. The van der Waals surface area contributed by atoms with Gasteiger partial charge in [0, 0.05) is 16.2 Å². The first-order chi connectivity index (χ1) is 7.66. The maximum Gasteiger partial charge on any atom is 0.266 e. The van der Waals surface area contributed by atoms with E-state index >= 15 is 0 Å². The molecule has 16 heavy (non-hydrogen) atoms. The number of benzene rings is 1. The van der Waals surface area contributed by atoms with E-state index in [1.165, 1.54) is 17.4 Å². The van der Waals surface area contributed by atoms with Crippen LogP contribution in [0.3, 0.4) is 0 Å². The largest absolute Gasteiger partial charge is 0.508 e. The predicted molar refractivity (Wildman–Crippen MR) is 68.1 cm³/mol. The molecule has 1 amide bonds. The Balaban J connectivity index is 2.17. The minimum absolute atomic E-state index is 0.128. The Morgan fingerprint density at radius 3 is 2.81 bits per heavy atom. The molecule has 3 nitrogen and oxygen atoms in total. The van der Waals surface area contributed by atoms with Crippen LogP contribution in [0.15, 0.2) is 40.2 Å². The third-order valence-electron chi connectivity index (χ3n) is 1.93. The number of anilines is 1. The van der Waals surface area contributed by atoms with Gasteiger partial charge in [-0.05, 0) is 39.5 Å². The van der Waals surface area contributed by atoms with Crippen LogP contribution in [0, 0.1) is 0 Å². The van der Waals surface area contributed by atoms with Crippen LogP contribution < -0.4 is 5.32 Å². The molecule has 0 saturated heterocycles. The minimum atomic E-state index is -0.188. The van der Waals surface area contributed by atoms with Gasteiger partial charge < -0.3 is 10.4 Å². The van der Waals surface area contributed by atoms with E-state index in [1.807, 2.05) is 11.4 Å². The van der Waals surface area contributed by atoms with Crippen LogP contribution in [0.1, 0.15) is 9.67 Å². The van der Waals surface area contributed by atoms with Crippen molar-refractivity contribution in [2.24, 2.45) is 0 Å². The molecule has 0 radical (unpaired) electrons. The Labute approximate surface area is 105 Å². The first-order valence-electron chi connectivity index (χ1n) is 4.50. The molecule has 1 heterocycles. The van der Waals surface area contributed by atoms with Gasteiger partial charge in [0.15, 0.2) is 0 Å². The summed E-state index contributed by atoms with van der Waals surface area (Å²) in [5.41, 5.74) is 0.574. The molecule has 1 aromatic heterocycles. The van der Waals surface area contributed by atoms with Gasteiger partial charge in [-0.1, -0.05) is 6.07 Å². The third-order valence-corrected chi connectivity index (χ3v) is 3.76. The number of amides is 1. The first kappa shape index (κ1) is 11.2. The molecule has 5 heteroatoms. The lowest BCUT2D eigenvalue weighted by Gasteiger charge is -2.04. The molecule has 0 aliphatic rings. The highest BCUT2D eigenvalue weighted by atomic mass is 79.9. The molecule has 2 N–H and O–H groups in total. The Morgan fingerprint density at radius 2 is 2.19 bits per heavy atom. The lowest BCUT2D eigenvalue weighted by Crippen LogP contribution is -2.10. The molecule has 0 atom stereocenters. The number of thiophene rings is 1. The molecule has 0 fully saturated rings. The fourth-order valence-electron chi connectivity index (χ4n) is 1.23. The van der Waals surface area contributed by atoms with Gasteiger partial charge in [0.25, 0.3) is 5.91 Å². The van der Waals surface area contributed by atoms with E-state index in [4.69, 9.17) is 0 Å². The molecule has 0 saturated carbocycles. The lowest BCUT2D eigenvalue weighted by atomic mass is 10.3. The molecular weight excluding hydrogens is 290 g/mol. The second kappa shape index (κ2) is 4.67. The van der Waals surface area contributed by atoms with Crippen molar-refractivity contribution in [3.05, 3.63) is 45.1 Å². The zero-order valence-corrected chi connectivity index (χ0v) is 10.5. The zero-order chi connectivity index (χ0) is 11.5. The van der Waals surface area contributed by atoms with Crippen LogP contribution in [0.25, 0.3) is 0 Å². The number of aromatic hydroxyl groups is 1. The Hall–Kier alpha value is -1.33. The number of hydrogen-bond acceptors (Lipinski definition) is 3. The number of carbonyl (C=O) groups excluding carboxylic acids is 1. The highest BCUT2D eigenvalue weighted by Crippen LogP contribution is 2.24. The summed E-state index contributed by atoms with van der Waals surface area (Å²) in [6, 6.07) is 8.27. The summed E-state index contributed by atoms with van der Waals surface area (Å²) in [7, 11) is 0. The summed E-state index contributed by atoms with van der Waals surface area (Å²) >= 11 is 4.65. The number of phenolic OH excluding ortho intramolecular Hbond substituents is 1. The maximum absolute atomic E-state index is 11.8. The second-order valence-corrected chi connectivity index (χ2v) is 4.87. The monoisotopic (exact) mass is 297 g/mol. The number of hydrogen-bond donors (Lipinski definition) is 2. The lowest BCUT2D eigenvalue weighted by molar-refractivity contribution is 0.103. The molecule has 0 bridgehead atoms. The Bertz CT molecular complexity index is 524. The highest BCUT2D eigenvalue weighted by Gasteiger charge is 2.11. The van der Waals surface area contributed by atoms with Gasteiger partial charge in [0.2, 0.25) is 0 Å². The van der Waals surface area contributed by atoms with Crippen LogP contribution in [-0.4, -0.2) is 11.0 Å². The first-order valence-corrected chi connectivity index (χ1v) is 6.17. The molecule has 0 aliphatic carbocycles. The number of nitrogens with one attached hydrogen (secondary N) is 1. The van der Waals surface area contributed by atoms with Gasteiger partial charge in [-0.25, -0.2) is 0 Å². The second-order valence-electron chi connectivity index (χ2n) is 3.10. The molecule has 2 aromatic rings. The summed E-state index contributed by atoms with van der Waals surface area (Å²) in [5, 5.41) is 13.8. The van der Waals surface area contributed by atoms with Crippen molar-refractivity contribution in [3.63, 3.8) is 0 Å². The van der Waals surface area contributed by atoms with Crippen LogP contribution in [-0.2, 0) is 0 Å². The Morgan fingerprint density at radius 1 is 1.38 bits per heavy atom. The standard InChI is InChI=1S/C11H8BrNO2S/c12-9-4-5-16-10(9)11(15)13-7-2-1-3-8(14)6-7/h1-6,14H,(H,13,15). The van der Waals surface area contributed by atoms with E-state index in [-0.39, 0.29) is 11.7 Å². The molecule has 0 unspecified atom stereocenters. The smallest absolute Gasteiger partial charge is 0.266 e. The Kier molecular flexibility index (Phi) is 3.26.